The quantitative estimate of drug-likeness (QED) is 0.269. The molecule has 0 bridgehead atoms. The van der Waals surface area contributed by atoms with Gasteiger partial charge in [0, 0.05) is 10.6 Å². The average molecular weight is 599 g/mol. The molecular formula is C24H22BrClFN3O5S. The molecule has 36 heavy (non-hydrogen) atoms. The largest absolute Gasteiger partial charge is 0.493 e. The molecule has 3 aromatic carbocycles. The number of methoxy groups -OCH3 is 1. The lowest BCUT2D eigenvalue weighted by atomic mass is 10.2. The van der Waals surface area contributed by atoms with E-state index in [4.69, 9.17) is 21.1 Å². The van der Waals surface area contributed by atoms with E-state index in [0.29, 0.717) is 26.6 Å². The van der Waals surface area contributed by atoms with E-state index < -0.39 is 28.3 Å². The molecule has 1 amide bonds. The van der Waals surface area contributed by atoms with E-state index in [1.165, 1.54) is 25.5 Å². The molecule has 0 saturated carbocycles. The zero-order chi connectivity index (χ0) is 26.3. The topological polar surface area (TPSA) is 97.3 Å². The number of nitrogens with zero attached hydrogens (tertiary/aromatic N) is 2. The van der Waals surface area contributed by atoms with Crippen LogP contribution in [0.4, 0.5) is 10.1 Å². The molecule has 8 nitrogen and oxygen atoms in total. The van der Waals surface area contributed by atoms with Crippen molar-refractivity contribution in [2.75, 3.05) is 24.2 Å². The molecule has 0 aliphatic carbocycles. The maximum Gasteiger partial charge on any atom is 0.260 e. The van der Waals surface area contributed by atoms with Crippen LogP contribution in [0, 0.1) is 5.82 Å². The number of benzene rings is 3. The van der Waals surface area contributed by atoms with Crippen LogP contribution >= 0.6 is 27.5 Å². The molecule has 0 unspecified atom stereocenters. The lowest BCUT2D eigenvalue weighted by Gasteiger charge is -2.21. The number of halogens is 3. The highest BCUT2D eigenvalue weighted by Gasteiger charge is 2.21. The van der Waals surface area contributed by atoms with Crippen LogP contribution in [0.25, 0.3) is 0 Å². The second kappa shape index (κ2) is 12.2. The van der Waals surface area contributed by atoms with Crippen LogP contribution in [0.3, 0.4) is 0 Å². The third kappa shape index (κ3) is 7.42. The Morgan fingerprint density at radius 2 is 1.89 bits per heavy atom. The van der Waals surface area contributed by atoms with Crippen molar-refractivity contribution in [3.63, 3.8) is 0 Å². The molecular weight excluding hydrogens is 577 g/mol. The van der Waals surface area contributed by atoms with Crippen molar-refractivity contribution in [2.45, 2.75) is 6.61 Å². The van der Waals surface area contributed by atoms with Gasteiger partial charge >= 0.3 is 0 Å². The fourth-order valence-corrected chi connectivity index (χ4v) is 4.69. The number of amides is 1. The van der Waals surface area contributed by atoms with Crippen LogP contribution in [0.5, 0.6) is 11.5 Å². The summed E-state index contributed by atoms with van der Waals surface area (Å²) in [5, 5.41) is 4.48. The Morgan fingerprint density at radius 3 is 2.53 bits per heavy atom. The summed E-state index contributed by atoms with van der Waals surface area (Å²) in [6, 6.07) is 15.4. The third-order valence-electron chi connectivity index (χ3n) is 4.79. The molecule has 0 atom stereocenters. The number of carbonyl (C=O) groups excluding carboxylic acids is 1. The molecule has 0 heterocycles. The molecule has 0 aliphatic rings. The summed E-state index contributed by atoms with van der Waals surface area (Å²) in [6.07, 6.45) is 2.32. The minimum absolute atomic E-state index is 0.152. The molecule has 0 radical (unpaired) electrons. The van der Waals surface area contributed by atoms with E-state index in [2.05, 4.69) is 26.5 Å². The fraction of sp³-hybridized carbons (Fsp3) is 0.167. The Kier molecular flexibility index (Phi) is 9.30. The summed E-state index contributed by atoms with van der Waals surface area (Å²) in [5.41, 5.74) is 3.82. The third-order valence-corrected chi connectivity index (χ3v) is 6.88. The van der Waals surface area contributed by atoms with Crippen LogP contribution in [-0.4, -0.2) is 40.4 Å². The van der Waals surface area contributed by atoms with Crippen molar-refractivity contribution in [1.29, 1.82) is 0 Å². The van der Waals surface area contributed by atoms with Gasteiger partial charge in [0.1, 0.15) is 19.0 Å². The van der Waals surface area contributed by atoms with E-state index in [1.54, 1.807) is 18.2 Å². The number of nitrogens with one attached hydrogen (secondary N) is 1. The van der Waals surface area contributed by atoms with Gasteiger partial charge in [0.15, 0.2) is 11.5 Å². The smallest absolute Gasteiger partial charge is 0.260 e. The van der Waals surface area contributed by atoms with Gasteiger partial charge in [-0.1, -0.05) is 29.8 Å². The van der Waals surface area contributed by atoms with Crippen molar-refractivity contribution in [2.24, 2.45) is 5.10 Å². The fourth-order valence-electron chi connectivity index (χ4n) is 3.07. The molecule has 1 N–H and O–H groups in total. The SMILES string of the molecule is COc1cc(C=NNC(=O)CN(c2ccc(F)cc2)S(C)(=O)=O)cc(Br)c1OCc1ccccc1Cl. The van der Waals surface area contributed by atoms with Gasteiger partial charge in [-0.3, -0.25) is 9.10 Å². The number of hydrogen-bond acceptors (Lipinski definition) is 6. The van der Waals surface area contributed by atoms with Gasteiger partial charge in [0.25, 0.3) is 5.91 Å². The van der Waals surface area contributed by atoms with Crippen molar-refractivity contribution in [3.8, 4) is 11.5 Å². The van der Waals surface area contributed by atoms with Crippen molar-refractivity contribution < 1.29 is 27.1 Å². The van der Waals surface area contributed by atoms with Crippen LogP contribution < -0.4 is 19.2 Å². The molecule has 190 valence electrons. The van der Waals surface area contributed by atoms with E-state index in [-0.39, 0.29) is 12.3 Å². The maximum atomic E-state index is 13.2. The zero-order valence-electron chi connectivity index (χ0n) is 19.2. The van der Waals surface area contributed by atoms with E-state index in [9.17, 15) is 17.6 Å². The number of hydrazone groups is 1. The van der Waals surface area contributed by atoms with Crippen LogP contribution in [0.1, 0.15) is 11.1 Å². The minimum atomic E-state index is -3.80. The molecule has 0 fully saturated rings. The molecule has 3 rings (SSSR count). The lowest BCUT2D eigenvalue weighted by Crippen LogP contribution is -2.39. The number of ether oxygens (including phenoxy) is 2. The highest BCUT2D eigenvalue weighted by atomic mass is 79.9. The van der Waals surface area contributed by atoms with Crippen molar-refractivity contribution in [3.05, 3.63) is 87.1 Å². The van der Waals surface area contributed by atoms with Gasteiger partial charge in [0.05, 0.1) is 29.7 Å². The first-order chi connectivity index (χ1) is 17.1. The van der Waals surface area contributed by atoms with Gasteiger partial charge in [-0.25, -0.2) is 18.2 Å². The summed E-state index contributed by atoms with van der Waals surface area (Å²) >= 11 is 9.63. The average Bonchev–Trinajstić information content (AvgIpc) is 2.82. The lowest BCUT2D eigenvalue weighted by molar-refractivity contribution is -0.119. The first-order valence-electron chi connectivity index (χ1n) is 10.4. The number of sulfonamides is 1. The highest BCUT2D eigenvalue weighted by Crippen LogP contribution is 2.37. The van der Waals surface area contributed by atoms with E-state index in [1.807, 2.05) is 18.2 Å². The van der Waals surface area contributed by atoms with Crippen molar-refractivity contribution >= 4 is 55.4 Å². The van der Waals surface area contributed by atoms with E-state index in [0.717, 1.165) is 28.3 Å². The Labute approximate surface area is 221 Å². The number of hydrogen-bond donors (Lipinski definition) is 1. The van der Waals surface area contributed by atoms with Crippen molar-refractivity contribution in [1.82, 2.24) is 5.43 Å². The van der Waals surface area contributed by atoms with E-state index >= 15 is 0 Å². The summed E-state index contributed by atoms with van der Waals surface area (Å²) in [6.45, 7) is -0.313. The number of rotatable bonds is 10. The van der Waals surface area contributed by atoms with Crippen LogP contribution in [0.2, 0.25) is 5.02 Å². The zero-order valence-corrected chi connectivity index (χ0v) is 22.4. The Morgan fingerprint density at radius 1 is 1.19 bits per heavy atom. The van der Waals surface area contributed by atoms with Gasteiger partial charge in [0.2, 0.25) is 10.0 Å². The summed E-state index contributed by atoms with van der Waals surface area (Å²) in [7, 11) is -2.31. The monoisotopic (exact) mass is 597 g/mol. The predicted octanol–water partition coefficient (Wildman–Crippen LogP) is 4.75. The Balaban J connectivity index is 1.68. The molecule has 0 saturated heterocycles. The second-order valence-corrected chi connectivity index (χ2v) is 10.6. The van der Waals surface area contributed by atoms with Crippen LogP contribution in [-0.2, 0) is 21.4 Å². The maximum absolute atomic E-state index is 13.2. The summed E-state index contributed by atoms with van der Waals surface area (Å²) in [4.78, 5) is 12.4. The molecule has 0 aromatic heterocycles. The second-order valence-electron chi connectivity index (χ2n) is 7.45. The predicted molar refractivity (Wildman–Crippen MR) is 141 cm³/mol. The van der Waals surface area contributed by atoms with Crippen LogP contribution in [0.15, 0.2) is 70.2 Å². The van der Waals surface area contributed by atoms with Gasteiger partial charge < -0.3 is 9.47 Å². The molecule has 0 aliphatic heterocycles. The molecule has 0 spiro atoms. The first kappa shape index (κ1) is 27.4. The first-order valence-corrected chi connectivity index (χ1v) is 13.4. The Bertz CT molecular complexity index is 1370. The normalized spacial score (nSPS) is 11.4. The standard InChI is InChI=1S/C24H22BrClFN3O5S/c1-34-22-12-16(11-20(25)24(22)35-15-17-5-3-4-6-21(17)26)13-28-29-23(31)14-30(36(2,32)33)19-9-7-18(27)8-10-19/h3-13H,14-15H2,1-2H3,(H,29,31). The number of carbonyl (C=O) groups is 1. The number of anilines is 1. The highest BCUT2D eigenvalue weighted by molar-refractivity contribution is 9.10. The summed E-state index contributed by atoms with van der Waals surface area (Å²) < 4.78 is 50.2. The minimum Gasteiger partial charge on any atom is -0.493 e. The van der Waals surface area contributed by atoms with Gasteiger partial charge in [-0.05, 0) is 64.0 Å². The molecule has 12 heteroatoms. The Hall–Kier alpha value is -3.15. The van der Waals surface area contributed by atoms with Gasteiger partial charge in [-0.2, -0.15) is 5.10 Å². The van der Waals surface area contributed by atoms with Gasteiger partial charge in [-0.15, -0.1) is 0 Å². The molecule has 3 aromatic rings. The summed E-state index contributed by atoms with van der Waals surface area (Å²) in [5.74, 6) is -0.333.